The van der Waals surface area contributed by atoms with Crippen LogP contribution in [0.4, 0.5) is 9.52 Å². The van der Waals surface area contributed by atoms with E-state index in [1.807, 2.05) is 0 Å². The fraction of sp³-hybridized carbons (Fsp3) is 0.125. The summed E-state index contributed by atoms with van der Waals surface area (Å²) in [5, 5.41) is 11.0. The Labute approximate surface area is 197 Å². The van der Waals surface area contributed by atoms with Crippen molar-refractivity contribution in [2.24, 2.45) is 0 Å². The molecule has 1 atom stereocenters. The summed E-state index contributed by atoms with van der Waals surface area (Å²) in [5.41, 5.74) is 0.196. The van der Waals surface area contributed by atoms with E-state index in [9.17, 15) is 23.9 Å². The molecular weight excluding hydrogens is 461 g/mol. The third kappa shape index (κ3) is 3.99. The third-order valence-corrected chi connectivity index (χ3v) is 6.24. The maximum absolute atomic E-state index is 14.9. The second kappa shape index (κ2) is 9.36. The van der Waals surface area contributed by atoms with Crippen LogP contribution in [-0.4, -0.2) is 39.3 Å². The number of carbonyl (C=O) groups is 3. The Morgan fingerprint density at radius 2 is 1.97 bits per heavy atom. The lowest BCUT2D eigenvalue weighted by atomic mass is 9.95. The van der Waals surface area contributed by atoms with Crippen LogP contribution in [0.15, 0.2) is 67.0 Å². The van der Waals surface area contributed by atoms with Crippen molar-refractivity contribution in [2.45, 2.75) is 13.0 Å². The first-order valence-corrected chi connectivity index (χ1v) is 10.9. The summed E-state index contributed by atoms with van der Waals surface area (Å²) in [6, 6.07) is 7.23. The van der Waals surface area contributed by atoms with E-state index in [0.29, 0.717) is 0 Å². The molecule has 3 heterocycles. The van der Waals surface area contributed by atoms with Gasteiger partial charge in [0.1, 0.15) is 29.1 Å². The largest absolute Gasteiger partial charge is 0.507 e. The van der Waals surface area contributed by atoms with Gasteiger partial charge < -0.3 is 9.84 Å². The predicted octanol–water partition coefficient (Wildman–Crippen LogP) is 3.95. The molecular formula is C24H18FN3O5S. The van der Waals surface area contributed by atoms with E-state index in [1.54, 1.807) is 13.0 Å². The number of ketones is 1. The van der Waals surface area contributed by atoms with Crippen LogP contribution < -0.4 is 4.90 Å². The van der Waals surface area contributed by atoms with Crippen LogP contribution in [-0.2, 0) is 14.3 Å². The Morgan fingerprint density at radius 3 is 2.65 bits per heavy atom. The molecule has 3 aromatic rings. The third-order valence-electron chi connectivity index (χ3n) is 5.11. The van der Waals surface area contributed by atoms with Crippen molar-refractivity contribution in [3.8, 4) is 0 Å². The second-order valence-corrected chi connectivity index (χ2v) is 8.20. The lowest BCUT2D eigenvalue weighted by Gasteiger charge is -2.23. The molecule has 0 saturated carbocycles. The minimum Gasteiger partial charge on any atom is -0.507 e. The van der Waals surface area contributed by atoms with Crippen LogP contribution >= 0.6 is 11.3 Å². The molecule has 1 unspecified atom stereocenters. The van der Waals surface area contributed by atoms with E-state index < -0.39 is 35.3 Å². The van der Waals surface area contributed by atoms with E-state index in [1.165, 1.54) is 48.8 Å². The number of aromatic nitrogens is 2. The zero-order chi connectivity index (χ0) is 24.4. The molecule has 1 fully saturated rings. The molecule has 1 amide bonds. The van der Waals surface area contributed by atoms with Gasteiger partial charge in [-0.25, -0.2) is 14.2 Å². The predicted molar refractivity (Wildman–Crippen MR) is 123 cm³/mol. The molecule has 0 bridgehead atoms. The quantitative estimate of drug-likeness (QED) is 0.187. The van der Waals surface area contributed by atoms with Gasteiger partial charge in [-0.3, -0.25) is 19.5 Å². The molecule has 1 aliphatic rings. The van der Waals surface area contributed by atoms with Crippen molar-refractivity contribution >= 4 is 39.9 Å². The van der Waals surface area contributed by atoms with Crippen molar-refractivity contribution < 1.29 is 28.6 Å². The van der Waals surface area contributed by atoms with E-state index in [-0.39, 0.29) is 39.0 Å². The van der Waals surface area contributed by atoms with E-state index in [4.69, 9.17) is 4.74 Å². The summed E-state index contributed by atoms with van der Waals surface area (Å²) in [6.45, 7) is 5.02. The SMILES string of the molecule is C=CCOC(=O)c1sc(N2C(=O)C(=O)/C(=C(/O)c3ccncc3)C2c2ccccc2F)nc1C. The molecule has 1 N–H and O–H groups in total. The number of aliphatic hydroxyl groups is 1. The molecule has 1 aliphatic heterocycles. The smallest absolute Gasteiger partial charge is 0.350 e. The van der Waals surface area contributed by atoms with Crippen LogP contribution in [0.3, 0.4) is 0 Å². The van der Waals surface area contributed by atoms with Crippen LogP contribution in [0.25, 0.3) is 5.76 Å². The lowest BCUT2D eigenvalue weighted by Crippen LogP contribution is -2.29. The van der Waals surface area contributed by atoms with Crippen LogP contribution in [0.1, 0.15) is 32.5 Å². The Morgan fingerprint density at radius 1 is 1.26 bits per heavy atom. The molecule has 0 aliphatic carbocycles. The number of thiazole rings is 1. The van der Waals surface area contributed by atoms with Gasteiger partial charge in [0.05, 0.1) is 11.3 Å². The van der Waals surface area contributed by atoms with Gasteiger partial charge in [-0.2, -0.15) is 0 Å². The van der Waals surface area contributed by atoms with Gasteiger partial charge in [0, 0.05) is 23.5 Å². The zero-order valence-electron chi connectivity index (χ0n) is 17.9. The number of Topliss-reactive ketones (excluding diaryl/α,β-unsaturated/α-hetero) is 1. The minimum atomic E-state index is -1.31. The molecule has 2 aromatic heterocycles. The van der Waals surface area contributed by atoms with Crippen LogP contribution in [0, 0.1) is 12.7 Å². The van der Waals surface area contributed by atoms with Gasteiger partial charge >= 0.3 is 11.9 Å². The van der Waals surface area contributed by atoms with Gasteiger partial charge in [0.2, 0.25) is 0 Å². The van der Waals surface area contributed by atoms with Crippen LogP contribution in [0.5, 0.6) is 0 Å². The average molecular weight is 479 g/mol. The number of amides is 1. The number of ether oxygens (including phenoxy) is 1. The highest BCUT2D eigenvalue weighted by Gasteiger charge is 2.49. The highest BCUT2D eigenvalue weighted by Crippen LogP contribution is 2.44. The first kappa shape index (κ1) is 23.0. The Bertz CT molecular complexity index is 1340. The molecule has 4 rings (SSSR count). The number of aliphatic hydroxyl groups excluding tert-OH is 1. The number of aryl methyl sites for hydroxylation is 1. The van der Waals surface area contributed by atoms with Crippen LogP contribution in [0.2, 0.25) is 0 Å². The maximum Gasteiger partial charge on any atom is 0.350 e. The Kier molecular flexibility index (Phi) is 6.33. The summed E-state index contributed by atoms with van der Waals surface area (Å²) >= 11 is 0.831. The van der Waals surface area contributed by atoms with Gasteiger partial charge in [-0.05, 0) is 25.1 Å². The number of esters is 1. The number of halogens is 1. The minimum absolute atomic E-state index is 0.00724. The fourth-order valence-corrected chi connectivity index (χ4v) is 4.55. The number of carbonyl (C=O) groups excluding carboxylic acids is 3. The van der Waals surface area contributed by atoms with Crippen molar-refractivity contribution in [1.29, 1.82) is 0 Å². The Balaban J connectivity index is 1.90. The zero-order valence-corrected chi connectivity index (χ0v) is 18.7. The standard InChI is InChI=1S/C24H18FN3O5S/c1-3-12-33-23(32)21-13(2)27-24(34-21)28-18(15-6-4-5-7-16(15)25)17(20(30)22(28)31)19(29)14-8-10-26-11-9-14/h3-11,18,29H,1,12H2,2H3/b19-17+. The van der Waals surface area contributed by atoms with E-state index >= 15 is 0 Å². The van der Waals surface area contributed by atoms with Gasteiger partial charge in [0.15, 0.2) is 5.13 Å². The van der Waals surface area contributed by atoms with Crippen molar-refractivity contribution in [2.75, 3.05) is 11.5 Å². The molecule has 10 heteroatoms. The molecule has 1 aromatic carbocycles. The average Bonchev–Trinajstić information content (AvgIpc) is 3.34. The molecule has 0 spiro atoms. The molecule has 34 heavy (non-hydrogen) atoms. The summed E-state index contributed by atoms with van der Waals surface area (Å²) in [4.78, 5) is 47.9. The van der Waals surface area contributed by atoms with E-state index in [2.05, 4.69) is 16.5 Å². The van der Waals surface area contributed by atoms with Crippen molar-refractivity contribution in [3.05, 3.63) is 94.5 Å². The summed E-state index contributed by atoms with van der Waals surface area (Å²) in [6.07, 6.45) is 4.23. The summed E-state index contributed by atoms with van der Waals surface area (Å²) in [5.74, 6) is -3.85. The van der Waals surface area contributed by atoms with Crippen molar-refractivity contribution in [1.82, 2.24) is 9.97 Å². The highest BCUT2D eigenvalue weighted by atomic mass is 32.1. The van der Waals surface area contributed by atoms with Gasteiger partial charge in [0.25, 0.3) is 5.78 Å². The van der Waals surface area contributed by atoms with Crippen molar-refractivity contribution in [3.63, 3.8) is 0 Å². The molecule has 8 nitrogen and oxygen atoms in total. The summed E-state index contributed by atoms with van der Waals surface area (Å²) in [7, 11) is 0. The maximum atomic E-state index is 14.9. The first-order valence-electron chi connectivity index (χ1n) is 10.1. The molecule has 1 saturated heterocycles. The second-order valence-electron chi connectivity index (χ2n) is 7.22. The fourth-order valence-electron chi connectivity index (χ4n) is 3.56. The number of pyridine rings is 1. The summed E-state index contributed by atoms with van der Waals surface area (Å²) < 4.78 is 20.0. The molecule has 172 valence electrons. The number of hydrogen-bond acceptors (Lipinski definition) is 8. The van der Waals surface area contributed by atoms with Gasteiger partial charge in [-0.1, -0.05) is 42.2 Å². The highest BCUT2D eigenvalue weighted by molar-refractivity contribution is 7.17. The lowest BCUT2D eigenvalue weighted by molar-refractivity contribution is -0.132. The Hall–Kier alpha value is -4.18. The normalized spacial score (nSPS) is 17.1. The molecule has 0 radical (unpaired) electrons. The number of anilines is 1. The number of rotatable bonds is 6. The van der Waals surface area contributed by atoms with E-state index in [0.717, 1.165) is 16.2 Å². The first-order chi connectivity index (χ1) is 16.3. The number of benzene rings is 1. The topological polar surface area (TPSA) is 110 Å². The number of nitrogens with zero attached hydrogens (tertiary/aromatic N) is 3. The van der Waals surface area contributed by atoms with Gasteiger partial charge in [-0.15, -0.1) is 0 Å². The monoisotopic (exact) mass is 479 g/mol. The number of hydrogen-bond donors (Lipinski definition) is 1.